The van der Waals surface area contributed by atoms with Crippen molar-refractivity contribution in [3.63, 3.8) is 0 Å². The van der Waals surface area contributed by atoms with E-state index in [1.165, 1.54) is 5.56 Å². The van der Waals surface area contributed by atoms with Crippen LogP contribution in [0, 0.1) is 0 Å². The van der Waals surface area contributed by atoms with Gasteiger partial charge >= 0.3 is 5.97 Å². The van der Waals surface area contributed by atoms with Gasteiger partial charge in [0.15, 0.2) is 0 Å². The van der Waals surface area contributed by atoms with Gasteiger partial charge in [0.05, 0.1) is 7.11 Å². The van der Waals surface area contributed by atoms with Crippen LogP contribution in [0.15, 0.2) is 24.3 Å². The van der Waals surface area contributed by atoms with Crippen LogP contribution < -0.4 is 4.74 Å². The van der Waals surface area contributed by atoms with Crippen LogP contribution in [-0.4, -0.2) is 42.7 Å². The zero-order chi connectivity index (χ0) is 15.0. The maximum Gasteiger partial charge on any atom is 0.320 e. The summed E-state index contributed by atoms with van der Waals surface area (Å²) in [6.45, 7) is 2.82. The molecule has 0 bridgehead atoms. The van der Waals surface area contributed by atoms with Gasteiger partial charge < -0.3 is 9.84 Å². The van der Waals surface area contributed by atoms with Gasteiger partial charge in [0.25, 0.3) is 0 Å². The maximum absolute atomic E-state index is 11.3. The molecule has 20 heavy (non-hydrogen) atoms. The van der Waals surface area contributed by atoms with E-state index in [2.05, 4.69) is 6.92 Å². The third kappa shape index (κ3) is 5.21. The summed E-state index contributed by atoms with van der Waals surface area (Å²) in [5, 5.41) is 9.28. The average molecular weight is 279 g/mol. The van der Waals surface area contributed by atoms with Crippen LogP contribution >= 0.6 is 0 Å². The normalized spacial score (nSPS) is 12.4. The fraction of sp³-hybridized carbons (Fsp3) is 0.562. The molecule has 0 aromatic heterocycles. The first kappa shape index (κ1) is 16.5. The molecule has 0 fully saturated rings. The lowest BCUT2D eigenvalue weighted by atomic mass is 10.1. The molecular weight excluding hydrogens is 254 g/mol. The molecule has 1 aromatic carbocycles. The molecular formula is C16H25NO3. The maximum atomic E-state index is 11.3. The molecule has 0 saturated carbocycles. The molecule has 0 heterocycles. The third-order valence-electron chi connectivity index (χ3n) is 3.56. The van der Waals surface area contributed by atoms with Gasteiger partial charge in [-0.05, 0) is 37.6 Å². The highest BCUT2D eigenvalue weighted by Crippen LogP contribution is 2.13. The Balaban J connectivity index is 2.50. The highest BCUT2D eigenvalue weighted by Gasteiger charge is 2.21. The summed E-state index contributed by atoms with van der Waals surface area (Å²) in [4.78, 5) is 13.2. The molecule has 0 amide bonds. The second-order valence-corrected chi connectivity index (χ2v) is 5.07. The molecule has 1 aromatic rings. The smallest absolute Gasteiger partial charge is 0.320 e. The molecule has 0 radical (unpaired) electrons. The Hall–Kier alpha value is -1.55. The Morgan fingerprint density at radius 1 is 1.35 bits per heavy atom. The van der Waals surface area contributed by atoms with Gasteiger partial charge in [0.1, 0.15) is 11.8 Å². The summed E-state index contributed by atoms with van der Waals surface area (Å²) < 4.78 is 5.12. The highest BCUT2D eigenvalue weighted by molar-refractivity contribution is 5.73. The van der Waals surface area contributed by atoms with Crippen LogP contribution in [0.1, 0.15) is 31.7 Å². The van der Waals surface area contributed by atoms with Crippen LogP contribution in [0.2, 0.25) is 0 Å². The standard InChI is InChI=1S/C16H25NO3/c1-4-5-6-15(16(18)19)17(2)12-11-13-7-9-14(20-3)10-8-13/h7-10,15H,4-6,11-12H2,1-3H3,(H,18,19). The summed E-state index contributed by atoms with van der Waals surface area (Å²) in [7, 11) is 3.53. The molecule has 0 aliphatic carbocycles. The molecule has 0 aliphatic rings. The van der Waals surface area contributed by atoms with Gasteiger partial charge in [-0.1, -0.05) is 31.9 Å². The number of unbranched alkanes of at least 4 members (excludes halogenated alkanes) is 1. The SMILES string of the molecule is CCCCC(C(=O)O)N(C)CCc1ccc(OC)cc1. The summed E-state index contributed by atoms with van der Waals surface area (Å²) in [5.41, 5.74) is 1.19. The predicted molar refractivity (Wildman–Crippen MR) is 80.3 cm³/mol. The lowest BCUT2D eigenvalue weighted by Crippen LogP contribution is -2.39. The van der Waals surface area contributed by atoms with E-state index in [0.29, 0.717) is 6.42 Å². The Bertz CT molecular complexity index is 403. The number of benzene rings is 1. The first-order chi connectivity index (χ1) is 9.58. The molecule has 112 valence electrons. The first-order valence-electron chi connectivity index (χ1n) is 7.14. The number of likely N-dealkylation sites (N-methyl/N-ethyl adjacent to an activating group) is 1. The van der Waals surface area contributed by atoms with E-state index in [4.69, 9.17) is 4.74 Å². The van der Waals surface area contributed by atoms with Crippen molar-refractivity contribution in [1.82, 2.24) is 4.90 Å². The Morgan fingerprint density at radius 2 is 2.00 bits per heavy atom. The van der Waals surface area contributed by atoms with E-state index in [1.54, 1.807) is 7.11 Å². The highest BCUT2D eigenvalue weighted by atomic mass is 16.5. The number of carboxylic acid groups (broad SMARTS) is 1. The van der Waals surface area contributed by atoms with Crippen LogP contribution in [-0.2, 0) is 11.2 Å². The van der Waals surface area contributed by atoms with Crippen molar-refractivity contribution in [1.29, 1.82) is 0 Å². The van der Waals surface area contributed by atoms with E-state index in [0.717, 1.165) is 31.6 Å². The summed E-state index contributed by atoms with van der Waals surface area (Å²) in [5.74, 6) is 0.115. The minimum absolute atomic E-state index is 0.381. The number of methoxy groups -OCH3 is 1. The molecule has 0 spiro atoms. The Morgan fingerprint density at radius 3 is 2.50 bits per heavy atom. The largest absolute Gasteiger partial charge is 0.497 e. The molecule has 0 aliphatic heterocycles. The Kier molecular flexibility index (Phi) is 7.09. The number of carboxylic acids is 1. The van der Waals surface area contributed by atoms with Gasteiger partial charge in [0.2, 0.25) is 0 Å². The Labute approximate surface area is 121 Å². The second kappa shape index (κ2) is 8.59. The lowest BCUT2D eigenvalue weighted by Gasteiger charge is -2.24. The van der Waals surface area contributed by atoms with E-state index in [9.17, 15) is 9.90 Å². The topological polar surface area (TPSA) is 49.8 Å². The minimum Gasteiger partial charge on any atom is -0.497 e. The number of nitrogens with zero attached hydrogens (tertiary/aromatic N) is 1. The number of rotatable bonds is 9. The van der Waals surface area contributed by atoms with Crippen LogP contribution in [0.3, 0.4) is 0 Å². The summed E-state index contributed by atoms with van der Waals surface area (Å²) in [6.07, 6.45) is 3.53. The second-order valence-electron chi connectivity index (χ2n) is 5.07. The van der Waals surface area contributed by atoms with E-state index >= 15 is 0 Å². The van der Waals surface area contributed by atoms with E-state index < -0.39 is 5.97 Å². The van der Waals surface area contributed by atoms with Gasteiger partial charge in [0, 0.05) is 6.54 Å². The molecule has 0 saturated heterocycles. The zero-order valence-corrected chi connectivity index (χ0v) is 12.6. The van der Waals surface area contributed by atoms with Crippen molar-refractivity contribution >= 4 is 5.97 Å². The molecule has 1 rings (SSSR count). The number of carbonyl (C=O) groups is 1. The predicted octanol–water partition coefficient (Wildman–Crippen LogP) is 2.81. The fourth-order valence-electron chi connectivity index (χ4n) is 2.18. The molecule has 1 N–H and O–H groups in total. The molecule has 4 nitrogen and oxygen atoms in total. The molecule has 1 unspecified atom stereocenters. The first-order valence-corrected chi connectivity index (χ1v) is 7.14. The van der Waals surface area contributed by atoms with E-state index in [1.807, 2.05) is 36.2 Å². The summed E-state index contributed by atoms with van der Waals surface area (Å²) >= 11 is 0. The fourth-order valence-corrected chi connectivity index (χ4v) is 2.18. The molecule has 4 heteroatoms. The zero-order valence-electron chi connectivity index (χ0n) is 12.6. The van der Waals surface area contributed by atoms with Crippen molar-refractivity contribution in [2.75, 3.05) is 20.7 Å². The van der Waals surface area contributed by atoms with Gasteiger partial charge in [-0.25, -0.2) is 0 Å². The van der Waals surface area contributed by atoms with Crippen molar-refractivity contribution < 1.29 is 14.6 Å². The van der Waals surface area contributed by atoms with Crippen LogP contribution in [0.4, 0.5) is 0 Å². The summed E-state index contributed by atoms with van der Waals surface area (Å²) in [6, 6.07) is 7.53. The molecule has 1 atom stereocenters. The third-order valence-corrected chi connectivity index (χ3v) is 3.56. The average Bonchev–Trinajstić information content (AvgIpc) is 2.45. The van der Waals surface area contributed by atoms with Crippen molar-refractivity contribution in [3.8, 4) is 5.75 Å². The van der Waals surface area contributed by atoms with Gasteiger partial charge in [-0.15, -0.1) is 0 Å². The van der Waals surface area contributed by atoms with Crippen molar-refractivity contribution in [3.05, 3.63) is 29.8 Å². The number of hydrogen-bond acceptors (Lipinski definition) is 3. The van der Waals surface area contributed by atoms with Gasteiger partial charge in [-0.2, -0.15) is 0 Å². The minimum atomic E-state index is -0.726. The quantitative estimate of drug-likeness (QED) is 0.755. The number of hydrogen-bond donors (Lipinski definition) is 1. The van der Waals surface area contributed by atoms with Crippen molar-refractivity contribution in [2.45, 2.75) is 38.6 Å². The van der Waals surface area contributed by atoms with E-state index in [-0.39, 0.29) is 6.04 Å². The van der Waals surface area contributed by atoms with Gasteiger partial charge in [-0.3, -0.25) is 9.69 Å². The number of aliphatic carboxylic acids is 1. The van der Waals surface area contributed by atoms with Crippen molar-refractivity contribution in [2.24, 2.45) is 0 Å². The monoisotopic (exact) mass is 279 g/mol. The lowest BCUT2D eigenvalue weighted by molar-refractivity contribution is -0.143. The number of ether oxygens (including phenoxy) is 1. The van der Waals surface area contributed by atoms with Crippen LogP contribution in [0.25, 0.3) is 0 Å². The van der Waals surface area contributed by atoms with Crippen LogP contribution in [0.5, 0.6) is 5.75 Å².